The Morgan fingerprint density at radius 1 is 1.00 bits per heavy atom. The summed E-state index contributed by atoms with van der Waals surface area (Å²) in [5.74, 6) is -3.05. The molecule has 0 atom stereocenters. The summed E-state index contributed by atoms with van der Waals surface area (Å²) in [4.78, 5) is 9.83. The summed E-state index contributed by atoms with van der Waals surface area (Å²) in [7, 11) is 0. The molecule has 0 aliphatic carbocycles. The summed E-state index contributed by atoms with van der Waals surface area (Å²) in [5.41, 5.74) is 0. The Hall–Kier alpha value is 0.790. The van der Waals surface area contributed by atoms with Gasteiger partial charge in [-0.25, -0.2) is 4.79 Å². The number of alkyl halides is 7. The van der Waals surface area contributed by atoms with Crippen LogP contribution in [0.25, 0.3) is 0 Å². The Kier molecular flexibility index (Phi) is 5.83. The zero-order chi connectivity index (χ0) is 11.1. The Morgan fingerprint density at radius 3 is 1.21 bits per heavy atom. The van der Waals surface area contributed by atoms with Crippen molar-refractivity contribution < 1.29 is 36.2 Å². The number of carboxylic acids is 1. The van der Waals surface area contributed by atoms with Crippen molar-refractivity contribution in [1.29, 1.82) is 0 Å². The second kappa shape index (κ2) is 4.75. The van der Waals surface area contributed by atoms with Crippen molar-refractivity contribution in [3.63, 3.8) is 0 Å². The molecule has 0 aromatic carbocycles. The first-order valence-corrected chi connectivity index (χ1v) is 3.29. The maximum Gasteiger partial charge on any atom is 0.423 e. The first-order chi connectivity index (χ1) is 5.44. The van der Waals surface area contributed by atoms with Gasteiger partial charge in [0.2, 0.25) is 0 Å². The summed E-state index contributed by atoms with van der Waals surface area (Å²) in [5, 5.41) is 7.82. The fourth-order valence-corrected chi connectivity index (χ4v) is 0.403. The average molecular weight is 315 g/mol. The van der Waals surface area contributed by atoms with Gasteiger partial charge in [0.15, 0.2) is 0 Å². The van der Waals surface area contributed by atoms with Gasteiger partial charge in [0.1, 0.15) is 0 Å². The molecule has 0 aromatic rings. The SMILES string of the molecule is O=C(O)C(Br)(C(F)(F)F)C(F)(F)F.[Ca]. The zero-order valence-corrected chi connectivity index (χ0v) is 10.0. The molecule has 10 heteroatoms. The molecular formula is C4HBrCaF6O2. The molecule has 80 valence electrons. The predicted octanol–water partition coefficient (Wildman–Crippen LogP) is 1.95. The van der Waals surface area contributed by atoms with Crippen molar-refractivity contribution in [2.24, 2.45) is 0 Å². The molecule has 0 fully saturated rings. The van der Waals surface area contributed by atoms with Crippen LogP contribution in [0.2, 0.25) is 0 Å². The van der Waals surface area contributed by atoms with E-state index in [0.29, 0.717) is 0 Å². The van der Waals surface area contributed by atoms with E-state index >= 15 is 0 Å². The minimum atomic E-state index is -5.95. The summed E-state index contributed by atoms with van der Waals surface area (Å²) in [6, 6.07) is 0. The predicted molar refractivity (Wildman–Crippen MR) is 37.2 cm³/mol. The number of hydrogen-bond donors (Lipinski definition) is 1. The second-order valence-electron chi connectivity index (χ2n) is 1.96. The van der Waals surface area contributed by atoms with Crippen LogP contribution < -0.4 is 0 Å². The van der Waals surface area contributed by atoms with E-state index in [2.05, 4.69) is 0 Å². The van der Waals surface area contributed by atoms with Crippen molar-refractivity contribution in [3.8, 4) is 0 Å². The van der Waals surface area contributed by atoms with E-state index in [9.17, 15) is 31.1 Å². The zero-order valence-electron chi connectivity index (χ0n) is 6.21. The number of aliphatic carboxylic acids is 1. The third-order valence-electron chi connectivity index (χ3n) is 1.08. The third-order valence-corrected chi connectivity index (χ3v) is 2.31. The van der Waals surface area contributed by atoms with Crippen LogP contribution in [-0.2, 0) is 4.79 Å². The molecule has 0 heterocycles. The van der Waals surface area contributed by atoms with Crippen LogP contribution in [0.5, 0.6) is 0 Å². The quantitative estimate of drug-likeness (QED) is 0.456. The van der Waals surface area contributed by atoms with Crippen molar-refractivity contribution in [1.82, 2.24) is 0 Å². The Morgan fingerprint density at radius 2 is 1.21 bits per heavy atom. The standard InChI is InChI=1S/C4HBrF6O2.Ca/c5-2(1(12)13,3(6,7)8)4(9,10)11;/h(H,12,13);. The number of rotatable bonds is 1. The van der Waals surface area contributed by atoms with Gasteiger partial charge in [-0.2, -0.15) is 26.3 Å². The van der Waals surface area contributed by atoms with Crippen molar-refractivity contribution in [2.75, 3.05) is 0 Å². The molecule has 0 amide bonds. The molecule has 0 bridgehead atoms. The van der Waals surface area contributed by atoms with Crippen LogP contribution in [0.3, 0.4) is 0 Å². The topological polar surface area (TPSA) is 37.3 Å². The van der Waals surface area contributed by atoms with Gasteiger partial charge in [0.25, 0.3) is 0 Å². The van der Waals surface area contributed by atoms with Gasteiger partial charge >= 0.3 is 22.6 Å². The van der Waals surface area contributed by atoms with Crippen molar-refractivity contribution in [2.45, 2.75) is 16.7 Å². The van der Waals surface area contributed by atoms with E-state index in [1.54, 1.807) is 0 Å². The minimum Gasteiger partial charge on any atom is -0.480 e. The molecule has 2 radical (unpaired) electrons. The normalized spacial score (nSPS) is 13.4. The maximum absolute atomic E-state index is 11.7. The molecule has 0 unspecified atom stereocenters. The third kappa shape index (κ3) is 2.89. The van der Waals surface area contributed by atoms with Crippen LogP contribution in [0.1, 0.15) is 0 Å². The molecule has 1 N–H and O–H groups in total. The molecule has 0 saturated carbocycles. The van der Waals surface area contributed by atoms with Crippen LogP contribution in [-0.4, -0.2) is 65.5 Å². The van der Waals surface area contributed by atoms with E-state index in [1.165, 1.54) is 0 Å². The van der Waals surface area contributed by atoms with Gasteiger partial charge in [0.05, 0.1) is 0 Å². The smallest absolute Gasteiger partial charge is 0.423 e. The summed E-state index contributed by atoms with van der Waals surface area (Å²) in [6.07, 6.45) is -11.9. The number of carbonyl (C=O) groups is 1. The van der Waals surface area contributed by atoms with Crippen LogP contribution in [0.4, 0.5) is 26.3 Å². The molecule has 0 rings (SSSR count). The van der Waals surface area contributed by atoms with E-state index in [4.69, 9.17) is 5.11 Å². The monoisotopic (exact) mass is 314 g/mol. The Labute approximate surface area is 112 Å². The fourth-order valence-electron chi connectivity index (χ4n) is 0.403. The average Bonchev–Trinajstić information content (AvgIpc) is 1.80. The van der Waals surface area contributed by atoms with Crippen molar-refractivity contribution >= 4 is 59.6 Å². The molecule has 0 aliphatic rings. The van der Waals surface area contributed by atoms with Gasteiger partial charge in [0, 0.05) is 37.7 Å². The summed E-state index contributed by atoms with van der Waals surface area (Å²) in [6.45, 7) is 0. The van der Waals surface area contributed by atoms with E-state index in [0.717, 1.165) is 15.9 Å². The van der Waals surface area contributed by atoms with E-state index in [-0.39, 0.29) is 37.7 Å². The fraction of sp³-hybridized carbons (Fsp3) is 0.750. The van der Waals surface area contributed by atoms with Crippen LogP contribution >= 0.6 is 15.9 Å². The van der Waals surface area contributed by atoms with Crippen molar-refractivity contribution in [3.05, 3.63) is 0 Å². The van der Waals surface area contributed by atoms with Gasteiger partial charge in [-0.3, -0.25) is 0 Å². The van der Waals surface area contributed by atoms with Gasteiger partial charge in [-0.15, -0.1) is 0 Å². The molecule has 0 spiro atoms. The molecule has 2 nitrogen and oxygen atoms in total. The number of halogens is 7. The van der Waals surface area contributed by atoms with E-state index < -0.39 is 22.6 Å². The van der Waals surface area contributed by atoms with E-state index in [1.807, 2.05) is 0 Å². The van der Waals surface area contributed by atoms with Gasteiger partial charge < -0.3 is 5.11 Å². The first kappa shape index (κ1) is 17.2. The van der Waals surface area contributed by atoms with Crippen LogP contribution in [0, 0.1) is 0 Å². The molecule has 14 heavy (non-hydrogen) atoms. The Bertz CT molecular complexity index is 209. The first-order valence-electron chi connectivity index (χ1n) is 2.50. The maximum atomic E-state index is 11.7. The summed E-state index contributed by atoms with van der Waals surface area (Å²) >= 11 is 1.14. The van der Waals surface area contributed by atoms with Crippen LogP contribution in [0.15, 0.2) is 0 Å². The number of carboxylic acid groups (broad SMARTS) is 1. The minimum absolute atomic E-state index is 0. The molecular weight excluding hydrogens is 314 g/mol. The van der Waals surface area contributed by atoms with Gasteiger partial charge in [-0.1, -0.05) is 15.9 Å². The molecule has 0 saturated heterocycles. The molecule has 0 aromatic heterocycles. The number of hydrogen-bond acceptors (Lipinski definition) is 1. The molecule has 0 aliphatic heterocycles. The summed E-state index contributed by atoms with van der Waals surface area (Å²) < 4.78 is 65.3. The Balaban J connectivity index is 0. The largest absolute Gasteiger partial charge is 0.480 e. The second-order valence-corrected chi connectivity index (χ2v) is 3.15. The van der Waals surface area contributed by atoms with Gasteiger partial charge in [-0.05, 0) is 0 Å².